The van der Waals surface area contributed by atoms with E-state index in [9.17, 15) is 4.79 Å². The van der Waals surface area contributed by atoms with Crippen molar-refractivity contribution in [3.8, 4) is 0 Å². The first-order valence-corrected chi connectivity index (χ1v) is 6.18. The molecule has 2 N–H and O–H groups in total. The van der Waals surface area contributed by atoms with Gasteiger partial charge in [-0.05, 0) is 30.9 Å². The van der Waals surface area contributed by atoms with Gasteiger partial charge in [0.25, 0.3) is 0 Å². The molecule has 1 fully saturated rings. The van der Waals surface area contributed by atoms with Gasteiger partial charge in [0.1, 0.15) is 0 Å². The second-order valence-corrected chi connectivity index (χ2v) is 5.17. The molecule has 1 amide bonds. The van der Waals surface area contributed by atoms with Crippen molar-refractivity contribution in [2.75, 3.05) is 7.05 Å². The Kier molecular flexibility index (Phi) is 3.40. The third-order valence-electron chi connectivity index (χ3n) is 3.38. The van der Waals surface area contributed by atoms with Gasteiger partial charge in [0, 0.05) is 18.6 Å². The fourth-order valence-electron chi connectivity index (χ4n) is 2.11. The Morgan fingerprint density at radius 3 is 2.65 bits per heavy atom. The maximum absolute atomic E-state index is 12.1. The minimum absolute atomic E-state index is 0.0173. The lowest BCUT2D eigenvalue weighted by Crippen LogP contribution is -2.58. The third-order valence-corrected chi connectivity index (χ3v) is 3.75. The van der Waals surface area contributed by atoms with E-state index in [1.54, 1.807) is 11.9 Å². The number of amides is 1. The standard InChI is InChI=1S/C13H17ClN2O/c1-16(12(17)13(15)7-4-8-13)9-10-5-2-3-6-11(10)14/h2-3,5-6H,4,7-9,15H2,1H3. The van der Waals surface area contributed by atoms with E-state index < -0.39 is 5.54 Å². The van der Waals surface area contributed by atoms with Gasteiger partial charge in [0.15, 0.2) is 0 Å². The molecule has 1 aromatic carbocycles. The van der Waals surface area contributed by atoms with Gasteiger partial charge in [-0.25, -0.2) is 0 Å². The van der Waals surface area contributed by atoms with Crippen LogP contribution in [0.3, 0.4) is 0 Å². The summed E-state index contributed by atoms with van der Waals surface area (Å²) in [6.45, 7) is 0.511. The van der Waals surface area contributed by atoms with Crippen LogP contribution in [-0.2, 0) is 11.3 Å². The van der Waals surface area contributed by atoms with Crippen molar-refractivity contribution in [2.24, 2.45) is 5.73 Å². The number of benzene rings is 1. The molecule has 0 aliphatic heterocycles. The summed E-state index contributed by atoms with van der Waals surface area (Å²) >= 11 is 6.07. The van der Waals surface area contributed by atoms with Gasteiger partial charge in [-0.3, -0.25) is 4.79 Å². The topological polar surface area (TPSA) is 46.3 Å². The molecule has 0 heterocycles. The molecule has 1 aliphatic carbocycles. The highest BCUT2D eigenvalue weighted by Gasteiger charge is 2.41. The van der Waals surface area contributed by atoms with Crippen LogP contribution in [0.4, 0.5) is 0 Å². The average molecular weight is 253 g/mol. The number of halogens is 1. The van der Waals surface area contributed by atoms with Crippen LogP contribution >= 0.6 is 11.6 Å². The number of carbonyl (C=O) groups excluding carboxylic acids is 1. The molecule has 2 rings (SSSR count). The minimum Gasteiger partial charge on any atom is -0.340 e. The molecule has 0 unspecified atom stereocenters. The van der Waals surface area contributed by atoms with E-state index in [1.807, 2.05) is 24.3 Å². The van der Waals surface area contributed by atoms with Crippen molar-refractivity contribution >= 4 is 17.5 Å². The first-order valence-electron chi connectivity index (χ1n) is 5.81. The summed E-state index contributed by atoms with van der Waals surface area (Å²) in [6, 6.07) is 7.55. The van der Waals surface area contributed by atoms with Crippen LogP contribution in [0.15, 0.2) is 24.3 Å². The van der Waals surface area contributed by atoms with E-state index in [2.05, 4.69) is 0 Å². The van der Waals surface area contributed by atoms with E-state index in [0.29, 0.717) is 11.6 Å². The maximum atomic E-state index is 12.1. The third kappa shape index (κ3) is 2.45. The number of likely N-dealkylation sites (N-methyl/N-ethyl adjacent to an activating group) is 1. The zero-order valence-electron chi connectivity index (χ0n) is 9.95. The SMILES string of the molecule is CN(Cc1ccccc1Cl)C(=O)C1(N)CCC1. The predicted molar refractivity (Wildman–Crippen MR) is 68.7 cm³/mol. The minimum atomic E-state index is -0.629. The highest BCUT2D eigenvalue weighted by Crippen LogP contribution is 2.31. The second kappa shape index (κ2) is 4.67. The van der Waals surface area contributed by atoms with Crippen LogP contribution in [0.1, 0.15) is 24.8 Å². The highest BCUT2D eigenvalue weighted by molar-refractivity contribution is 6.31. The Labute approximate surface area is 107 Å². The van der Waals surface area contributed by atoms with E-state index in [1.165, 1.54) is 0 Å². The van der Waals surface area contributed by atoms with Crippen LogP contribution < -0.4 is 5.73 Å². The lowest BCUT2D eigenvalue weighted by Gasteiger charge is -2.39. The molecular weight excluding hydrogens is 236 g/mol. The van der Waals surface area contributed by atoms with E-state index in [-0.39, 0.29) is 5.91 Å². The smallest absolute Gasteiger partial charge is 0.242 e. The molecule has 0 saturated heterocycles. The number of hydrogen-bond acceptors (Lipinski definition) is 2. The second-order valence-electron chi connectivity index (χ2n) is 4.76. The van der Waals surface area contributed by atoms with Crippen LogP contribution in [-0.4, -0.2) is 23.4 Å². The van der Waals surface area contributed by atoms with Gasteiger partial charge in [-0.15, -0.1) is 0 Å². The van der Waals surface area contributed by atoms with Gasteiger partial charge in [0.05, 0.1) is 5.54 Å². The van der Waals surface area contributed by atoms with Crippen molar-refractivity contribution in [2.45, 2.75) is 31.3 Å². The molecule has 0 spiro atoms. The Balaban J connectivity index is 2.04. The largest absolute Gasteiger partial charge is 0.340 e. The van der Waals surface area contributed by atoms with Gasteiger partial charge >= 0.3 is 0 Å². The zero-order chi connectivity index (χ0) is 12.5. The van der Waals surface area contributed by atoms with Gasteiger partial charge in [0.2, 0.25) is 5.91 Å². The van der Waals surface area contributed by atoms with Crippen molar-refractivity contribution in [3.05, 3.63) is 34.9 Å². The first kappa shape index (κ1) is 12.4. The highest BCUT2D eigenvalue weighted by atomic mass is 35.5. The first-order chi connectivity index (χ1) is 8.03. The molecule has 1 aromatic rings. The van der Waals surface area contributed by atoms with Crippen molar-refractivity contribution in [1.29, 1.82) is 0 Å². The molecule has 0 bridgehead atoms. The van der Waals surface area contributed by atoms with Crippen molar-refractivity contribution < 1.29 is 4.79 Å². The van der Waals surface area contributed by atoms with Crippen LogP contribution in [0.25, 0.3) is 0 Å². The molecule has 4 heteroatoms. The Morgan fingerprint density at radius 1 is 1.47 bits per heavy atom. The summed E-state index contributed by atoms with van der Waals surface area (Å²) in [6.07, 6.45) is 2.62. The maximum Gasteiger partial charge on any atom is 0.242 e. The summed E-state index contributed by atoms with van der Waals surface area (Å²) in [5.41, 5.74) is 6.34. The molecule has 0 atom stereocenters. The van der Waals surface area contributed by atoms with Crippen molar-refractivity contribution in [1.82, 2.24) is 4.90 Å². The number of nitrogens with two attached hydrogens (primary N) is 1. The Hall–Kier alpha value is -1.06. The molecule has 17 heavy (non-hydrogen) atoms. The summed E-state index contributed by atoms with van der Waals surface area (Å²) in [4.78, 5) is 13.8. The van der Waals surface area contributed by atoms with Crippen LogP contribution in [0.2, 0.25) is 5.02 Å². The molecule has 1 aliphatic rings. The van der Waals surface area contributed by atoms with Crippen LogP contribution in [0.5, 0.6) is 0 Å². The van der Waals surface area contributed by atoms with Crippen molar-refractivity contribution in [3.63, 3.8) is 0 Å². The number of carbonyl (C=O) groups is 1. The number of hydrogen-bond donors (Lipinski definition) is 1. The summed E-state index contributed by atoms with van der Waals surface area (Å²) in [5, 5.41) is 0.687. The molecule has 92 valence electrons. The van der Waals surface area contributed by atoms with E-state index >= 15 is 0 Å². The van der Waals surface area contributed by atoms with E-state index in [4.69, 9.17) is 17.3 Å². The van der Waals surface area contributed by atoms with Gasteiger partial charge in [-0.2, -0.15) is 0 Å². The quantitative estimate of drug-likeness (QED) is 0.896. The van der Waals surface area contributed by atoms with E-state index in [0.717, 1.165) is 24.8 Å². The molecule has 0 radical (unpaired) electrons. The molecule has 1 saturated carbocycles. The monoisotopic (exact) mass is 252 g/mol. The van der Waals surface area contributed by atoms with Crippen LogP contribution in [0, 0.1) is 0 Å². The Bertz CT molecular complexity index is 429. The van der Waals surface area contributed by atoms with Gasteiger partial charge in [-0.1, -0.05) is 29.8 Å². The average Bonchev–Trinajstić information content (AvgIpc) is 2.28. The summed E-state index contributed by atoms with van der Waals surface area (Å²) in [7, 11) is 1.78. The summed E-state index contributed by atoms with van der Waals surface area (Å²) in [5.74, 6) is 0.0173. The lowest BCUT2D eigenvalue weighted by atomic mass is 9.76. The lowest BCUT2D eigenvalue weighted by molar-refractivity contribution is -0.139. The fourth-order valence-corrected chi connectivity index (χ4v) is 2.30. The normalized spacial score (nSPS) is 17.4. The summed E-state index contributed by atoms with van der Waals surface area (Å²) < 4.78 is 0. The molecule has 3 nitrogen and oxygen atoms in total. The zero-order valence-corrected chi connectivity index (χ0v) is 10.7. The Morgan fingerprint density at radius 2 is 2.12 bits per heavy atom. The predicted octanol–water partition coefficient (Wildman–Crippen LogP) is 2.18. The number of nitrogens with zero attached hydrogens (tertiary/aromatic N) is 1. The number of rotatable bonds is 3. The molecular formula is C13H17ClN2O. The fraction of sp³-hybridized carbons (Fsp3) is 0.462. The molecule has 0 aromatic heterocycles. The van der Waals surface area contributed by atoms with Gasteiger partial charge < -0.3 is 10.6 Å².